The molecule has 2 amide bonds. The predicted molar refractivity (Wildman–Crippen MR) is 137 cm³/mol. The van der Waals surface area contributed by atoms with Gasteiger partial charge in [0.15, 0.2) is 0 Å². The molecule has 0 saturated carbocycles. The highest BCUT2D eigenvalue weighted by atomic mass is 35.5. The minimum Gasteiger partial charge on any atom is -0.326 e. The van der Waals surface area contributed by atoms with Crippen LogP contribution in [0.1, 0.15) is 30.1 Å². The zero-order valence-electron chi connectivity index (χ0n) is 18.6. The summed E-state index contributed by atoms with van der Waals surface area (Å²) >= 11 is 8.08. The molecule has 4 N–H and O–H groups in total. The van der Waals surface area contributed by atoms with E-state index in [1.54, 1.807) is 12.1 Å². The highest BCUT2D eigenvalue weighted by molar-refractivity contribution is 8.00. The van der Waals surface area contributed by atoms with E-state index in [9.17, 15) is 9.59 Å². The molecule has 0 radical (unpaired) electrons. The Balaban J connectivity index is 1.34. The lowest BCUT2D eigenvalue weighted by atomic mass is 10.2. The second-order valence-corrected chi connectivity index (χ2v) is 9.62. The standard InChI is InChI=1S/C24H25ClN6O2S/c1-15(32)29-17-4-7-22(25)21(12-17)23(33)30-18-13-27-24(28-14-18)31-16-2-5-19(6-3-16)34-20-8-10-26-11-9-20/h2-7,12-14,20,26H,8-11H2,1H3,(H,29,32)(H,30,33)(H,27,28,31). The zero-order chi connectivity index (χ0) is 23.9. The van der Waals surface area contributed by atoms with Crippen molar-refractivity contribution >= 4 is 58.2 Å². The van der Waals surface area contributed by atoms with Crippen molar-refractivity contribution in [3.05, 3.63) is 65.4 Å². The van der Waals surface area contributed by atoms with Gasteiger partial charge in [-0.3, -0.25) is 9.59 Å². The van der Waals surface area contributed by atoms with E-state index in [4.69, 9.17) is 11.6 Å². The van der Waals surface area contributed by atoms with Crippen LogP contribution >= 0.6 is 23.4 Å². The van der Waals surface area contributed by atoms with E-state index in [2.05, 4.69) is 43.4 Å². The van der Waals surface area contributed by atoms with Gasteiger partial charge in [0.2, 0.25) is 11.9 Å². The largest absolute Gasteiger partial charge is 0.326 e. The summed E-state index contributed by atoms with van der Waals surface area (Å²) in [5, 5.41) is 12.8. The second-order valence-electron chi connectivity index (χ2n) is 7.84. The molecule has 1 saturated heterocycles. The molecule has 34 heavy (non-hydrogen) atoms. The predicted octanol–water partition coefficient (Wildman–Crippen LogP) is 4.93. The van der Waals surface area contributed by atoms with Crippen molar-refractivity contribution in [2.75, 3.05) is 29.0 Å². The van der Waals surface area contributed by atoms with Crippen molar-refractivity contribution in [3.63, 3.8) is 0 Å². The van der Waals surface area contributed by atoms with E-state index in [0.29, 0.717) is 22.6 Å². The molecule has 1 aromatic heterocycles. The van der Waals surface area contributed by atoms with Gasteiger partial charge in [0.1, 0.15) is 0 Å². The molecule has 176 valence electrons. The smallest absolute Gasteiger partial charge is 0.257 e. The van der Waals surface area contributed by atoms with Crippen LogP contribution in [0.4, 0.5) is 23.0 Å². The molecule has 0 atom stereocenters. The zero-order valence-corrected chi connectivity index (χ0v) is 20.2. The van der Waals surface area contributed by atoms with Crippen LogP contribution in [0.2, 0.25) is 5.02 Å². The quantitative estimate of drug-likeness (QED) is 0.367. The van der Waals surface area contributed by atoms with Gasteiger partial charge in [0.05, 0.1) is 28.7 Å². The van der Waals surface area contributed by atoms with E-state index >= 15 is 0 Å². The van der Waals surface area contributed by atoms with Crippen molar-refractivity contribution in [1.82, 2.24) is 15.3 Å². The van der Waals surface area contributed by atoms with Gasteiger partial charge in [-0.25, -0.2) is 9.97 Å². The average Bonchev–Trinajstić information content (AvgIpc) is 2.83. The first-order valence-corrected chi connectivity index (χ1v) is 12.2. The number of thioether (sulfide) groups is 1. The Hall–Kier alpha value is -3.14. The van der Waals surface area contributed by atoms with Crippen molar-refractivity contribution < 1.29 is 9.59 Å². The fourth-order valence-corrected chi connectivity index (χ4v) is 4.84. The van der Waals surface area contributed by atoms with Gasteiger partial charge < -0.3 is 21.3 Å². The summed E-state index contributed by atoms with van der Waals surface area (Å²) in [5.41, 5.74) is 2.02. The summed E-state index contributed by atoms with van der Waals surface area (Å²) in [7, 11) is 0. The molecule has 10 heteroatoms. The van der Waals surface area contributed by atoms with Crippen LogP contribution in [-0.2, 0) is 4.79 Å². The Morgan fingerprint density at radius 3 is 2.32 bits per heavy atom. The Bertz CT molecular complexity index is 1150. The summed E-state index contributed by atoms with van der Waals surface area (Å²) in [6.45, 7) is 3.56. The van der Waals surface area contributed by atoms with E-state index in [-0.39, 0.29) is 16.5 Å². The number of halogens is 1. The van der Waals surface area contributed by atoms with Gasteiger partial charge in [-0.1, -0.05) is 11.6 Å². The molecule has 4 rings (SSSR count). The van der Waals surface area contributed by atoms with Crippen LogP contribution in [0.5, 0.6) is 0 Å². The Morgan fingerprint density at radius 1 is 0.971 bits per heavy atom. The van der Waals surface area contributed by atoms with Crippen molar-refractivity contribution in [1.29, 1.82) is 0 Å². The summed E-state index contributed by atoms with van der Waals surface area (Å²) in [6, 6.07) is 12.9. The van der Waals surface area contributed by atoms with Crippen molar-refractivity contribution in [2.24, 2.45) is 0 Å². The van der Waals surface area contributed by atoms with Crippen LogP contribution in [0.3, 0.4) is 0 Å². The summed E-state index contributed by atoms with van der Waals surface area (Å²) < 4.78 is 0. The Labute approximate surface area is 207 Å². The average molecular weight is 497 g/mol. The minimum absolute atomic E-state index is 0.234. The molecule has 8 nitrogen and oxygen atoms in total. The third-order valence-corrected chi connectivity index (χ3v) is 6.82. The van der Waals surface area contributed by atoms with E-state index < -0.39 is 5.91 Å². The van der Waals surface area contributed by atoms with Gasteiger partial charge in [-0.05, 0) is 68.4 Å². The van der Waals surface area contributed by atoms with Crippen LogP contribution in [0.15, 0.2) is 59.8 Å². The second kappa shape index (κ2) is 11.3. The van der Waals surface area contributed by atoms with E-state index in [0.717, 1.165) is 18.8 Å². The normalized spacial score (nSPS) is 13.8. The molecule has 2 heterocycles. The maximum Gasteiger partial charge on any atom is 0.257 e. The molecular weight excluding hydrogens is 472 g/mol. The molecule has 0 spiro atoms. The summed E-state index contributed by atoms with van der Waals surface area (Å²) in [5.74, 6) is -0.244. The highest BCUT2D eigenvalue weighted by Crippen LogP contribution is 2.30. The van der Waals surface area contributed by atoms with Crippen molar-refractivity contribution in [3.8, 4) is 0 Å². The SMILES string of the molecule is CC(=O)Nc1ccc(Cl)c(C(=O)Nc2cnc(Nc3ccc(SC4CCNCC4)cc3)nc2)c1. The minimum atomic E-state index is -0.427. The molecule has 0 aliphatic carbocycles. The van der Waals surface area contributed by atoms with Crippen LogP contribution < -0.4 is 21.3 Å². The molecule has 1 aliphatic rings. The van der Waals surface area contributed by atoms with Crippen molar-refractivity contribution in [2.45, 2.75) is 29.9 Å². The number of amides is 2. The van der Waals surface area contributed by atoms with Crippen LogP contribution in [-0.4, -0.2) is 40.1 Å². The number of rotatable bonds is 7. The topological polar surface area (TPSA) is 108 Å². The number of hydrogen-bond donors (Lipinski definition) is 4. The van der Waals surface area contributed by atoms with Gasteiger partial charge in [-0.2, -0.15) is 0 Å². The molecule has 3 aromatic rings. The number of carbonyl (C=O) groups excluding carboxylic acids is 2. The van der Waals surface area contributed by atoms with Gasteiger partial charge >= 0.3 is 0 Å². The van der Waals surface area contributed by atoms with Crippen LogP contribution in [0.25, 0.3) is 0 Å². The van der Waals surface area contributed by atoms with Gasteiger partial charge in [-0.15, -0.1) is 11.8 Å². The molecule has 0 unspecified atom stereocenters. The molecular formula is C24H25ClN6O2S. The fourth-order valence-electron chi connectivity index (χ4n) is 3.49. The maximum absolute atomic E-state index is 12.6. The Morgan fingerprint density at radius 2 is 1.65 bits per heavy atom. The number of carbonyl (C=O) groups is 2. The third-order valence-electron chi connectivity index (χ3n) is 5.14. The maximum atomic E-state index is 12.6. The molecule has 0 bridgehead atoms. The first kappa shape index (κ1) is 24.0. The number of piperidine rings is 1. The monoisotopic (exact) mass is 496 g/mol. The summed E-state index contributed by atoms with van der Waals surface area (Å²) in [4.78, 5) is 33.7. The number of nitrogens with zero attached hydrogens (tertiary/aromatic N) is 2. The number of nitrogens with one attached hydrogen (secondary N) is 4. The number of aromatic nitrogens is 2. The molecule has 2 aromatic carbocycles. The van der Waals surface area contributed by atoms with Crippen LogP contribution in [0, 0.1) is 0 Å². The fraction of sp³-hybridized carbons (Fsp3) is 0.250. The number of benzene rings is 2. The number of anilines is 4. The van der Waals surface area contributed by atoms with Gasteiger partial charge in [0, 0.05) is 28.4 Å². The first-order valence-electron chi connectivity index (χ1n) is 10.9. The molecule has 1 fully saturated rings. The lowest BCUT2D eigenvalue weighted by Gasteiger charge is -2.22. The highest BCUT2D eigenvalue weighted by Gasteiger charge is 2.15. The number of hydrogen-bond acceptors (Lipinski definition) is 7. The van der Waals surface area contributed by atoms with E-state index in [1.807, 2.05) is 23.9 Å². The third kappa shape index (κ3) is 6.69. The van der Waals surface area contributed by atoms with E-state index in [1.165, 1.54) is 43.1 Å². The lowest BCUT2D eigenvalue weighted by molar-refractivity contribution is -0.114. The summed E-state index contributed by atoms with van der Waals surface area (Å²) in [6.07, 6.45) is 5.41. The molecule has 1 aliphatic heterocycles. The lowest BCUT2D eigenvalue weighted by Crippen LogP contribution is -2.29. The Kier molecular flexibility index (Phi) is 7.99. The van der Waals surface area contributed by atoms with Gasteiger partial charge in [0.25, 0.3) is 5.91 Å². The first-order chi connectivity index (χ1) is 16.5.